The third-order valence-corrected chi connectivity index (χ3v) is 5.94. The summed E-state index contributed by atoms with van der Waals surface area (Å²) in [4.78, 5) is 0. The van der Waals surface area contributed by atoms with Crippen LogP contribution in [0.5, 0.6) is 0 Å². The topological polar surface area (TPSA) is 0 Å². The first kappa shape index (κ1) is 13.7. The van der Waals surface area contributed by atoms with Crippen LogP contribution >= 0.6 is 49.9 Å². The van der Waals surface area contributed by atoms with Crippen LogP contribution in [-0.2, 0) is 0 Å². The van der Waals surface area contributed by atoms with Crippen LogP contribution in [0.2, 0.25) is 0 Å². The van der Waals surface area contributed by atoms with Crippen molar-refractivity contribution in [1.82, 2.24) is 0 Å². The number of thiophene rings is 1. The predicted octanol–water partition coefficient (Wildman–Crippen LogP) is 7.09. The molecule has 3 aromatic carbocycles. The van der Waals surface area contributed by atoms with Crippen LogP contribution in [0.4, 0.5) is 0 Å². The van der Waals surface area contributed by atoms with E-state index in [-0.39, 0.29) is 0 Å². The molecule has 4 rings (SSSR count). The van der Waals surface area contributed by atoms with Gasteiger partial charge in [0.2, 0.25) is 0 Å². The second-order valence-corrected chi connectivity index (χ2v) is 8.21. The van der Waals surface area contributed by atoms with Gasteiger partial charge >= 0.3 is 0 Å². The van der Waals surface area contributed by atoms with Crippen molar-refractivity contribution in [2.75, 3.05) is 0 Å². The van der Waals surface area contributed by atoms with Gasteiger partial charge in [-0.1, -0.05) is 46.3 Å². The largest absolute Gasteiger partial charge is 0.135 e. The smallest absolute Gasteiger partial charge is 0.0366 e. The van der Waals surface area contributed by atoms with E-state index < -0.39 is 0 Å². The van der Waals surface area contributed by atoms with E-state index in [1.165, 1.54) is 34.9 Å². The summed E-state index contributed by atoms with van der Waals surface area (Å²) >= 11 is 7.75. The average Bonchev–Trinajstić information content (AvgIpc) is 2.84. The van der Waals surface area contributed by atoms with E-state index in [1.54, 1.807) is 0 Å². The summed E-state index contributed by atoms with van der Waals surface area (Å²) in [6, 6.07) is 22.0. The molecule has 0 aliphatic rings. The maximum Gasteiger partial charge on any atom is 0.0366 e. The Kier molecular flexibility index (Phi) is 3.52. The molecule has 0 aliphatic carbocycles. The maximum absolute atomic E-state index is 3.55. The Morgan fingerprint density at radius 1 is 0.714 bits per heavy atom. The van der Waals surface area contributed by atoms with Gasteiger partial charge in [-0.3, -0.25) is 0 Å². The summed E-state index contributed by atoms with van der Waals surface area (Å²) < 4.78 is 5.09. The Morgan fingerprint density at radius 2 is 1.33 bits per heavy atom. The lowest BCUT2D eigenvalue weighted by atomic mass is 10.0. The Labute approximate surface area is 149 Å². The highest BCUT2D eigenvalue weighted by atomic mass is 127. The van der Waals surface area contributed by atoms with Gasteiger partial charge in [0.05, 0.1) is 0 Å². The summed E-state index contributed by atoms with van der Waals surface area (Å²) in [7, 11) is 0. The Hall–Kier alpha value is -0.910. The van der Waals surface area contributed by atoms with E-state index >= 15 is 0 Å². The van der Waals surface area contributed by atoms with Crippen LogP contribution in [0, 0.1) is 3.57 Å². The van der Waals surface area contributed by atoms with Crippen LogP contribution in [0.15, 0.2) is 65.1 Å². The zero-order chi connectivity index (χ0) is 14.4. The van der Waals surface area contributed by atoms with Crippen molar-refractivity contribution in [1.29, 1.82) is 0 Å². The van der Waals surface area contributed by atoms with Crippen LogP contribution in [0.25, 0.3) is 31.3 Å². The second kappa shape index (κ2) is 5.38. The van der Waals surface area contributed by atoms with E-state index in [0.717, 1.165) is 4.47 Å². The third kappa shape index (κ3) is 2.51. The molecule has 21 heavy (non-hydrogen) atoms. The molecule has 0 fully saturated rings. The second-order valence-electron chi connectivity index (χ2n) is 4.96. The highest BCUT2D eigenvalue weighted by Gasteiger charge is 2.07. The molecule has 0 N–H and O–H groups in total. The lowest BCUT2D eigenvalue weighted by Gasteiger charge is -2.02. The highest BCUT2D eigenvalue weighted by molar-refractivity contribution is 14.1. The van der Waals surface area contributed by atoms with Gasteiger partial charge in [0.15, 0.2) is 0 Å². The normalized spacial score (nSPS) is 11.3. The molecule has 0 unspecified atom stereocenters. The van der Waals surface area contributed by atoms with Crippen molar-refractivity contribution in [3.63, 3.8) is 0 Å². The fourth-order valence-electron chi connectivity index (χ4n) is 2.57. The van der Waals surface area contributed by atoms with E-state index in [0.29, 0.717) is 0 Å². The first-order valence-electron chi connectivity index (χ1n) is 6.58. The molecule has 102 valence electrons. The Morgan fingerprint density at radius 3 is 2.10 bits per heavy atom. The lowest BCUT2D eigenvalue weighted by molar-refractivity contribution is 1.62. The van der Waals surface area contributed by atoms with E-state index in [1.807, 2.05) is 11.3 Å². The van der Waals surface area contributed by atoms with Crippen molar-refractivity contribution in [3.05, 3.63) is 68.7 Å². The Balaban J connectivity index is 1.93. The molecule has 1 aromatic heterocycles. The fraction of sp³-hybridized carbons (Fsp3) is 0. The molecule has 4 aromatic rings. The summed E-state index contributed by atoms with van der Waals surface area (Å²) in [6.07, 6.45) is 0. The van der Waals surface area contributed by atoms with E-state index in [2.05, 4.69) is 99.2 Å². The number of hydrogen-bond donors (Lipinski definition) is 0. The number of hydrogen-bond acceptors (Lipinski definition) is 1. The number of halogens is 2. The molecule has 0 aliphatic heterocycles. The first-order valence-corrected chi connectivity index (χ1v) is 9.27. The number of rotatable bonds is 1. The zero-order valence-electron chi connectivity index (χ0n) is 10.9. The number of fused-ring (bicyclic) bond motifs is 3. The molecule has 0 amide bonds. The van der Waals surface area contributed by atoms with Gasteiger partial charge in [0, 0.05) is 28.2 Å². The molecule has 0 saturated heterocycles. The van der Waals surface area contributed by atoms with Gasteiger partial charge in [-0.05, 0) is 64.0 Å². The van der Waals surface area contributed by atoms with Crippen molar-refractivity contribution in [3.8, 4) is 11.1 Å². The highest BCUT2D eigenvalue weighted by Crippen LogP contribution is 2.37. The zero-order valence-corrected chi connectivity index (χ0v) is 15.5. The third-order valence-electron chi connectivity index (χ3n) is 3.61. The molecule has 0 radical (unpaired) electrons. The van der Waals surface area contributed by atoms with Crippen LogP contribution < -0.4 is 0 Å². The summed E-state index contributed by atoms with van der Waals surface area (Å²) in [5.74, 6) is 0. The summed E-state index contributed by atoms with van der Waals surface area (Å²) in [5.41, 5.74) is 2.56. The summed E-state index contributed by atoms with van der Waals surface area (Å²) in [5, 5.41) is 2.68. The van der Waals surface area contributed by atoms with Gasteiger partial charge in [0.25, 0.3) is 0 Å². The monoisotopic (exact) mass is 464 g/mol. The average molecular weight is 465 g/mol. The van der Waals surface area contributed by atoms with Crippen LogP contribution in [-0.4, -0.2) is 0 Å². The minimum Gasteiger partial charge on any atom is -0.135 e. The quantitative estimate of drug-likeness (QED) is 0.264. The van der Waals surface area contributed by atoms with Crippen molar-refractivity contribution < 1.29 is 0 Å². The van der Waals surface area contributed by atoms with Crippen LogP contribution in [0.1, 0.15) is 0 Å². The summed E-state index contributed by atoms with van der Waals surface area (Å²) in [6.45, 7) is 0. The van der Waals surface area contributed by atoms with Gasteiger partial charge in [-0.25, -0.2) is 0 Å². The fourth-order valence-corrected chi connectivity index (χ4v) is 4.63. The standard InChI is InChI=1S/C18H10BrIS/c19-13-4-8-16-15-7-3-12(9-17(15)21-18(16)10-13)11-1-5-14(20)6-2-11/h1-10H. The van der Waals surface area contributed by atoms with Gasteiger partial charge in [0.1, 0.15) is 0 Å². The molecule has 0 nitrogen and oxygen atoms in total. The molecule has 0 bridgehead atoms. The van der Waals surface area contributed by atoms with Crippen molar-refractivity contribution in [2.24, 2.45) is 0 Å². The Bertz CT molecular complexity index is 954. The van der Waals surface area contributed by atoms with Crippen molar-refractivity contribution in [2.45, 2.75) is 0 Å². The SMILES string of the molecule is Brc1ccc2c(c1)sc1cc(-c3ccc(I)cc3)ccc12. The maximum atomic E-state index is 3.55. The minimum absolute atomic E-state index is 1.14. The van der Waals surface area contributed by atoms with E-state index in [9.17, 15) is 0 Å². The molecule has 0 saturated carbocycles. The minimum atomic E-state index is 1.14. The van der Waals surface area contributed by atoms with Gasteiger partial charge < -0.3 is 0 Å². The predicted molar refractivity (Wildman–Crippen MR) is 105 cm³/mol. The molecular formula is C18H10BrIS. The molecule has 3 heteroatoms. The van der Waals surface area contributed by atoms with E-state index in [4.69, 9.17) is 0 Å². The van der Waals surface area contributed by atoms with Gasteiger partial charge in [-0.15, -0.1) is 11.3 Å². The molecular weight excluding hydrogens is 455 g/mol. The number of benzene rings is 3. The van der Waals surface area contributed by atoms with Crippen LogP contribution in [0.3, 0.4) is 0 Å². The lowest BCUT2D eigenvalue weighted by Crippen LogP contribution is -1.77. The molecule has 0 spiro atoms. The molecule has 1 heterocycles. The van der Waals surface area contributed by atoms with Gasteiger partial charge in [-0.2, -0.15) is 0 Å². The molecule has 0 atom stereocenters. The first-order chi connectivity index (χ1) is 10.2. The van der Waals surface area contributed by atoms with Crippen molar-refractivity contribution >= 4 is 70.0 Å².